The Balaban J connectivity index is 1.05. The van der Waals surface area contributed by atoms with Gasteiger partial charge in [0.1, 0.15) is 0 Å². The van der Waals surface area contributed by atoms with Crippen LogP contribution in [0.1, 0.15) is 0 Å². The molecule has 3 aromatic heterocycles. The van der Waals surface area contributed by atoms with Crippen LogP contribution in [0.25, 0.3) is 98.8 Å². The van der Waals surface area contributed by atoms with Crippen LogP contribution in [-0.2, 0) is 0 Å². The zero-order valence-electron chi connectivity index (χ0n) is 29.8. The third-order valence-corrected chi connectivity index (χ3v) is 11.4. The van der Waals surface area contributed by atoms with Crippen molar-refractivity contribution in [2.45, 2.75) is 0 Å². The lowest BCUT2D eigenvalue weighted by Gasteiger charge is -2.12. The average molecular weight is 720 g/mol. The fourth-order valence-electron chi connectivity index (χ4n) is 7.39. The highest BCUT2D eigenvalue weighted by Gasteiger charge is 2.22. The number of aromatic nitrogens is 3. The molecule has 4 heteroatoms. The van der Waals surface area contributed by atoms with E-state index in [1.165, 1.54) is 37.0 Å². The van der Waals surface area contributed by atoms with Gasteiger partial charge in [-0.15, -0.1) is 11.3 Å². The smallest absolute Gasteiger partial charge is 0.160 e. The largest absolute Gasteiger partial charge is 0.247 e. The lowest BCUT2D eigenvalue weighted by Crippen LogP contribution is -1.95. The molecular formula is C51H33N3S. The quantitative estimate of drug-likeness (QED) is 0.165. The van der Waals surface area contributed by atoms with Crippen LogP contribution in [0, 0.1) is 0 Å². The van der Waals surface area contributed by atoms with Crippen molar-refractivity contribution in [3.05, 3.63) is 200 Å². The van der Waals surface area contributed by atoms with Crippen LogP contribution in [0.3, 0.4) is 0 Å². The normalized spacial score (nSPS) is 11.3. The monoisotopic (exact) mass is 719 g/mol. The van der Waals surface area contributed by atoms with Crippen molar-refractivity contribution in [3.8, 4) is 77.9 Å². The van der Waals surface area contributed by atoms with Crippen molar-refractivity contribution in [1.29, 1.82) is 0 Å². The summed E-state index contributed by atoms with van der Waals surface area (Å²) in [6.07, 6.45) is 0. The number of pyridine rings is 1. The maximum Gasteiger partial charge on any atom is 0.160 e. The van der Waals surface area contributed by atoms with E-state index < -0.39 is 0 Å². The number of rotatable bonds is 7. The minimum atomic E-state index is 0.713. The van der Waals surface area contributed by atoms with Gasteiger partial charge in [-0.3, -0.25) is 0 Å². The Labute approximate surface area is 323 Å². The second-order valence-electron chi connectivity index (χ2n) is 13.6. The van der Waals surface area contributed by atoms with Gasteiger partial charge in [0, 0.05) is 48.2 Å². The molecular weight excluding hydrogens is 687 g/mol. The lowest BCUT2D eigenvalue weighted by atomic mass is 9.94. The topological polar surface area (TPSA) is 38.7 Å². The van der Waals surface area contributed by atoms with Crippen LogP contribution in [0.15, 0.2) is 200 Å². The van der Waals surface area contributed by atoms with Crippen molar-refractivity contribution < 1.29 is 0 Å². The van der Waals surface area contributed by atoms with Crippen LogP contribution >= 0.6 is 11.3 Å². The number of fused-ring (bicyclic) bond motifs is 3. The first-order chi connectivity index (χ1) is 27.3. The minimum Gasteiger partial charge on any atom is -0.247 e. The molecule has 7 aromatic carbocycles. The Morgan fingerprint density at radius 1 is 0.345 bits per heavy atom. The molecule has 0 spiro atoms. The summed E-state index contributed by atoms with van der Waals surface area (Å²) < 4.78 is 1.26. The summed E-state index contributed by atoms with van der Waals surface area (Å²) in [7, 11) is 0. The van der Waals surface area contributed by atoms with Crippen molar-refractivity contribution in [3.63, 3.8) is 0 Å². The first-order valence-electron chi connectivity index (χ1n) is 18.4. The zero-order valence-corrected chi connectivity index (χ0v) is 30.6. The van der Waals surface area contributed by atoms with Gasteiger partial charge in [0.05, 0.1) is 22.6 Å². The van der Waals surface area contributed by atoms with Gasteiger partial charge in [-0.2, -0.15) is 0 Å². The molecule has 0 saturated carbocycles. The summed E-state index contributed by atoms with van der Waals surface area (Å²) in [4.78, 5) is 16.6. The molecule has 3 nitrogen and oxygen atoms in total. The van der Waals surface area contributed by atoms with E-state index >= 15 is 0 Å². The summed E-state index contributed by atoms with van der Waals surface area (Å²) in [6, 6.07) is 70.1. The van der Waals surface area contributed by atoms with E-state index in [0.29, 0.717) is 5.82 Å². The Bertz CT molecular complexity index is 2870. The molecule has 0 saturated heterocycles. The molecule has 0 radical (unpaired) electrons. The summed E-state index contributed by atoms with van der Waals surface area (Å²) in [5, 5.41) is 2.37. The summed E-state index contributed by atoms with van der Waals surface area (Å²) in [5.41, 5.74) is 13.9. The summed E-state index contributed by atoms with van der Waals surface area (Å²) in [6.45, 7) is 0. The molecule has 0 aliphatic carbocycles. The third-order valence-electron chi connectivity index (χ3n) is 10.1. The first kappa shape index (κ1) is 32.6. The summed E-state index contributed by atoms with van der Waals surface area (Å²) in [5.74, 6) is 0.713. The van der Waals surface area contributed by atoms with Crippen LogP contribution in [0.4, 0.5) is 0 Å². The number of hydrogen-bond donors (Lipinski definition) is 0. The molecule has 10 aromatic rings. The number of thiophene rings is 1. The van der Waals surface area contributed by atoms with Crippen LogP contribution in [0.2, 0.25) is 0 Å². The van der Waals surface area contributed by atoms with Crippen molar-refractivity contribution >= 4 is 32.3 Å². The summed E-state index contributed by atoms with van der Waals surface area (Å²) >= 11 is 1.86. The standard InChI is InChI=1S/C51H33N3S/c1-5-15-36(16-6-1)44-33-45(54-51(53-44)41-21-11-4-12-22-41)37-29-25-34(26-30-37)35-27-31-39(32-28-35)48-47-46(38-17-7-2-8-18-38)49(40-19-9-3-10-20-40)55-50(47)42-23-13-14-24-43(42)52-48/h1-33H. The van der Waals surface area contributed by atoms with E-state index in [1.807, 2.05) is 47.7 Å². The van der Waals surface area contributed by atoms with Gasteiger partial charge in [-0.05, 0) is 34.4 Å². The van der Waals surface area contributed by atoms with E-state index in [0.717, 1.165) is 56.0 Å². The van der Waals surface area contributed by atoms with Crippen molar-refractivity contribution in [2.24, 2.45) is 0 Å². The third kappa shape index (κ3) is 6.19. The fourth-order valence-corrected chi connectivity index (χ4v) is 8.75. The first-order valence-corrected chi connectivity index (χ1v) is 19.3. The van der Waals surface area contributed by atoms with Gasteiger partial charge in [-0.25, -0.2) is 15.0 Å². The predicted molar refractivity (Wildman–Crippen MR) is 231 cm³/mol. The molecule has 0 N–H and O–H groups in total. The van der Waals surface area contributed by atoms with Crippen LogP contribution in [0.5, 0.6) is 0 Å². The number of para-hydroxylation sites is 1. The van der Waals surface area contributed by atoms with Gasteiger partial charge in [0.25, 0.3) is 0 Å². The highest BCUT2D eigenvalue weighted by Crippen LogP contribution is 2.50. The minimum absolute atomic E-state index is 0.713. The Hall–Kier alpha value is -7.01. The Morgan fingerprint density at radius 3 is 1.40 bits per heavy atom. The Kier molecular flexibility index (Phi) is 8.36. The highest BCUT2D eigenvalue weighted by atomic mass is 32.1. The number of benzene rings is 7. The van der Waals surface area contributed by atoms with Gasteiger partial charge in [0.15, 0.2) is 5.82 Å². The lowest BCUT2D eigenvalue weighted by molar-refractivity contribution is 1.18. The molecule has 0 amide bonds. The van der Waals surface area contributed by atoms with Gasteiger partial charge < -0.3 is 0 Å². The molecule has 10 rings (SSSR count). The number of nitrogens with zero attached hydrogens (tertiary/aromatic N) is 3. The maximum absolute atomic E-state index is 5.37. The van der Waals surface area contributed by atoms with Crippen LogP contribution in [-0.4, -0.2) is 15.0 Å². The second kappa shape index (κ2) is 14.1. The molecule has 0 unspecified atom stereocenters. The van der Waals surface area contributed by atoms with E-state index in [9.17, 15) is 0 Å². The predicted octanol–water partition coefficient (Wildman–Crippen LogP) is 13.9. The van der Waals surface area contributed by atoms with Crippen molar-refractivity contribution in [1.82, 2.24) is 15.0 Å². The van der Waals surface area contributed by atoms with E-state index in [-0.39, 0.29) is 0 Å². The van der Waals surface area contributed by atoms with Gasteiger partial charge >= 0.3 is 0 Å². The van der Waals surface area contributed by atoms with E-state index in [1.54, 1.807) is 0 Å². The molecule has 0 atom stereocenters. The zero-order chi connectivity index (χ0) is 36.6. The number of hydrogen-bond acceptors (Lipinski definition) is 4. The molecule has 0 bridgehead atoms. The molecule has 0 aliphatic heterocycles. The molecule has 258 valence electrons. The van der Waals surface area contributed by atoms with Crippen LogP contribution < -0.4 is 0 Å². The highest BCUT2D eigenvalue weighted by molar-refractivity contribution is 7.24. The SMILES string of the molecule is c1ccc(-c2cc(-c3ccc(-c4ccc(-c5nc6ccccc6c6sc(-c7ccccc7)c(-c7ccccc7)c56)cc4)cc3)nc(-c3ccccc3)n2)cc1. The fraction of sp³-hybridized carbons (Fsp3) is 0. The van der Waals surface area contributed by atoms with Gasteiger partial charge in [-0.1, -0.05) is 188 Å². The molecule has 55 heavy (non-hydrogen) atoms. The second-order valence-corrected chi connectivity index (χ2v) is 14.6. The van der Waals surface area contributed by atoms with Crippen molar-refractivity contribution in [2.75, 3.05) is 0 Å². The average Bonchev–Trinajstić information content (AvgIpc) is 3.69. The molecule has 3 heterocycles. The molecule has 0 fully saturated rings. The van der Waals surface area contributed by atoms with E-state index in [4.69, 9.17) is 15.0 Å². The maximum atomic E-state index is 5.37. The Morgan fingerprint density at radius 2 is 0.800 bits per heavy atom. The van der Waals surface area contributed by atoms with E-state index in [2.05, 4.69) is 164 Å². The van der Waals surface area contributed by atoms with Gasteiger partial charge in [0.2, 0.25) is 0 Å². The molecule has 0 aliphatic rings.